The Labute approximate surface area is 150 Å². The molecule has 0 unspecified atom stereocenters. The normalized spacial score (nSPS) is 10.9. The van der Waals surface area contributed by atoms with E-state index >= 15 is 0 Å². The van der Waals surface area contributed by atoms with Gasteiger partial charge in [0.2, 0.25) is 5.43 Å². The molecule has 0 radical (unpaired) electrons. The van der Waals surface area contributed by atoms with Crippen LogP contribution in [0.4, 0.5) is 0 Å². The Morgan fingerprint density at radius 3 is 2.40 bits per heavy atom. The van der Waals surface area contributed by atoms with Gasteiger partial charge in [0.05, 0.1) is 5.39 Å². The second-order valence-electron chi connectivity index (χ2n) is 5.87. The Morgan fingerprint density at radius 2 is 1.60 bits per heavy atom. The predicted octanol–water partition coefficient (Wildman–Crippen LogP) is 5.92. The largest absolute Gasteiger partial charge is 0.455 e. The lowest BCUT2D eigenvalue weighted by molar-refractivity contribution is 0.605. The van der Waals surface area contributed by atoms with E-state index in [1.165, 1.54) is 11.8 Å². The minimum atomic E-state index is 0.00668. The van der Waals surface area contributed by atoms with Gasteiger partial charge >= 0.3 is 0 Å². The van der Waals surface area contributed by atoms with Crippen LogP contribution in [0.2, 0.25) is 0 Å². The van der Waals surface area contributed by atoms with Crippen LogP contribution < -0.4 is 5.43 Å². The van der Waals surface area contributed by atoms with Crippen LogP contribution in [0.25, 0.3) is 22.3 Å². The SMILES string of the molecule is Cc1cccc(-c2oc3ccccc3c(=O)c2Sc2ccccc2)c1. The number of hydrogen-bond acceptors (Lipinski definition) is 3. The minimum Gasteiger partial charge on any atom is -0.455 e. The van der Waals surface area contributed by atoms with Crippen molar-refractivity contribution < 1.29 is 4.42 Å². The van der Waals surface area contributed by atoms with Gasteiger partial charge in [-0.25, -0.2) is 0 Å². The molecule has 0 saturated carbocycles. The molecule has 3 aromatic carbocycles. The standard InChI is InChI=1S/C22H16O2S/c1-15-8-7-9-16(14-15)21-22(25-17-10-3-2-4-11-17)20(23)18-12-5-6-13-19(18)24-21/h2-14H,1H3. The minimum absolute atomic E-state index is 0.00668. The molecule has 0 aliphatic carbocycles. The zero-order chi connectivity index (χ0) is 17.2. The van der Waals surface area contributed by atoms with E-state index in [0.29, 0.717) is 21.6 Å². The number of benzene rings is 3. The Bertz CT molecular complexity index is 1100. The molecule has 4 aromatic rings. The lowest BCUT2D eigenvalue weighted by Gasteiger charge is -2.10. The third-order valence-corrected chi connectivity index (χ3v) is 5.08. The molecule has 122 valence electrons. The molecular weight excluding hydrogens is 328 g/mol. The van der Waals surface area contributed by atoms with Crippen LogP contribution in [0.1, 0.15) is 5.56 Å². The van der Waals surface area contributed by atoms with Crippen molar-refractivity contribution in [2.75, 3.05) is 0 Å². The fourth-order valence-corrected chi connectivity index (χ4v) is 3.78. The van der Waals surface area contributed by atoms with E-state index in [1.54, 1.807) is 0 Å². The number of para-hydroxylation sites is 1. The molecule has 0 aliphatic heterocycles. The van der Waals surface area contributed by atoms with E-state index in [1.807, 2.05) is 85.8 Å². The highest BCUT2D eigenvalue weighted by molar-refractivity contribution is 7.99. The molecule has 3 heteroatoms. The van der Waals surface area contributed by atoms with E-state index in [9.17, 15) is 4.79 Å². The molecule has 25 heavy (non-hydrogen) atoms. The number of rotatable bonds is 3. The van der Waals surface area contributed by atoms with Crippen LogP contribution >= 0.6 is 11.8 Å². The van der Waals surface area contributed by atoms with Gasteiger partial charge in [0.15, 0.2) is 5.76 Å². The monoisotopic (exact) mass is 344 g/mol. The van der Waals surface area contributed by atoms with Crippen LogP contribution in [0, 0.1) is 6.92 Å². The maximum atomic E-state index is 13.1. The summed E-state index contributed by atoms with van der Waals surface area (Å²) in [6.45, 7) is 2.03. The summed E-state index contributed by atoms with van der Waals surface area (Å²) in [6, 6.07) is 25.4. The maximum absolute atomic E-state index is 13.1. The van der Waals surface area contributed by atoms with Gasteiger partial charge in [-0.1, -0.05) is 65.9 Å². The van der Waals surface area contributed by atoms with Crippen molar-refractivity contribution in [3.8, 4) is 11.3 Å². The van der Waals surface area contributed by atoms with Crippen LogP contribution in [0.15, 0.2) is 97.9 Å². The van der Waals surface area contributed by atoms with E-state index in [2.05, 4.69) is 0 Å². The summed E-state index contributed by atoms with van der Waals surface area (Å²) in [7, 11) is 0. The van der Waals surface area contributed by atoms with E-state index in [4.69, 9.17) is 4.42 Å². The lowest BCUT2D eigenvalue weighted by atomic mass is 10.1. The Balaban J connectivity index is 1.99. The summed E-state index contributed by atoms with van der Waals surface area (Å²) in [6.07, 6.45) is 0. The molecule has 0 spiro atoms. The molecule has 0 N–H and O–H groups in total. The van der Waals surface area contributed by atoms with Crippen molar-refractivity contribution in [3.63, 3.8) is 0 Å². The highest BCUT2D eigenvalue weighted by Gasteiger charge is 2.17. The molecule has 0 amide bonds. The van der Waals surface area contributed by atoms with Gasteiger partial charge in [-0.15, -0.1) is 0 Å². The fourth-order valence-electron chi connectivity index (χ4n) is 2.80. The van der Waals surface area contributed by atoms with Crippen molar-refractivity contribution in [2.24, 2.45) is 0 Å². The quantitative estimate of drug-likeness (QED) is 0.462. The summed E-state index contributed by atoms with van der Waals surface area (Å²) < 4.78 is 6.17. The number of hydrogen-bond donors (Lipinski definition) is 0. The number of aryl methyl sites for hydroxylation is 1. The first kappa shape index (κ1) is 15.7. The Kier molecular flexibility index (Phi) is 4.16. The van der Waals surface area contributed by atoms with Crippen LogP contribution in [-0.4, -0.2) is 0 Å². The molecule has 1 heterocycles. The third kappa shape index (κ3) is 3.11. The van der Waals surface area contributed by atoms with Crippen molar-refractivity contribution in [1.29, 1.82) is 0 Å². The zero-order valence-electron chi connectivity index (χ0n) is 13.7. The fraction of sp³-hybridized carbons (Fsp3) is 0.0455. The van der Waals surface area contributed by atoms with Crippen LogP contribution in [0.5, 0.6) is 0 Å². The van der Waals surface area contributed by atoms with Crippen molar-refractivity contribution >= 4 is 22.7 Å². The number of fused-ring (bicyclic) bond motifs is 1. The first-order valence-electron chi connectivity index (χ1n) is 8.08. The Morgan fingerprint density at radius 1 is 0.840 bits per heavy atom. The summed E-state index contributed by atoms with van der Waals surface area (Å²) in [5.74, 6) is 0.626. The molecule has 1 aromatic heterocycles. The average molecular weight is 344 g/mol. The topological polar surface area (TPSA) is 30.2 Å². The molecular formula is C22H16O2S. The third-order valence-electron chi connectivity index (χ3n) is 4.00. The highest BCUT2D eigenvalue weighted by Crippen LogP contribution is 2.36. The van der Waals surface area contributed by atoms with Crippen LogP contribution in [0.3, 0.4) is 0 Å². The van der Waals surface area contributed by atoms with Gasteiger partial charge in [-0.2, -0.15) is 0 Å². The molecule has 0 bridgehead atoms. The summed E-state index contributed by atoms with van der Waals surface area (Å²) in [5, 5.41) is 0.609. The van der Waals surface area contributed by atoms with Gasteiger partial charge in [0.25, 0.3) is 0 Å². The predicted molar refractivity (Wildman–Crippen MR) is 103 cm³/mol. The van der Waals surface area contributed by atoms with Crippen molar-refractivity contribution in [3.05, 3.63) is 94.6 Å². The highest BCUT2D eigenvalue weighted by atomic mass is 32.2. The van der Waals surface area contributed by atoms with Gasteiger partial charge in [-0.3, -0.25) is 4.79 Å². The van der Waals surface area contributed by atoms with E-state index in [-0.39, 0.29) is 5.43 Å². The van der Waals surface area contributed by atoms with Gasteiger partial charge < -0.3 is 4.42 Å². The molecule has 0 saturated heterocycles. The average Bonchev–Trinajstić information content (AvgIpc) is 2.65. The smallest absolute Gasteiger partial charge is 0.207 e. The molecule has 0 fully saturated rings. The summed E-state index contributed by atoms with van der Waals surface area (Å²) >= 11 is 1.45. The van der Waals surface area contributed by atoms with E-state index < -0.39 is 0 Å². The molecule has 4 rings (SSSR count). The van der Waals surface area contributed by atoms with Crippen molar-refractivity contribution in [1.82, 2.24) is 0 Å². The van der Waals surface area contributed by atoms with Crippen molar-refractivity contribution in [2.45, 2.75) is 16.7 Å². The van der Waals surface area contributed by atoms with Gasteiger partial charge in [0, 0.05) is 10.5 Å². The molecule has 2 nitrogen and oxygen atoms in total. The zero-order valence-corrected chi connectivity index (χ0v) is 14.5. The summed E-state index contributed by atoms with van der Waals surface area (Å²) in [5.41, 5.74) is 2.67. The second kappa shape index (κ2) is 6.61. The molecule has 0 aliphatic rings. The molecule has 0 atom stereocenters. The Hall–Kier alpha value is -2.78. The van der Waals surface area contributed by atoms with E-state index in [0.717, 1.165) is 16.0 Å². The maximum Gasteiger partial charge on any atom is 0.207 e. The second-order valence-corrected chi connectivity index (χ2v) is 6.95. The van der Waals surface area contributed by atoms with Crippen LogP contribution in [-0.2, 0) is 0 Å². The van der Waals surface area contributed by atoms with Gasteiger partial charge in [0.1, 0.15) is 10.5 Å². The summed E-state index contributed by atoms with van der Waals surface area (Å²) in [4.78, 5) is 14.8. The first-order chi connectivity index (χ1) is 12.2. The lowest BCUT2D eigenvalue weighted by Crippen LogP contribution is -2.06. The van der Waals surface area contributed by atoms with Gasteiger partial charge in [-0.05, 0) is 37.3 Å². The first-order valence-corrected chi connectivity index (χ1v) is 8.90.